The predicted octanol–water partition coefficient (Wildman–Crippen LogP) is 1.37. The van der Waals surface area contributed by atoms with Crippen LogP contribution in [0, 0.1) is 58.2 Å². The Balaban J connectivity index is 1.88. The second-order valence-electron chi connectivity index (χ2n) is 6.67. The van der Waals surface area contributed by atoms with Gasteiger partial charge in [0.25, 0.3) is 0 Å². The molecule has 0 N–H and O–H groups in total. The highest BCUT2D eigenvalue weighted by Gasteiger charge is 3.15. The zero-order valence-corrected chi connectivity index (χ0v) is 6.33. The Bertz CT molecular complexity index is 309. The van der Waals surface area contributed by atoms with Crippen LogP contribution in [-0.2, 0) is 0 Å². The van der Waals surface area contributed by atoms with Gasteiger partial charge in [0.05, 0.1) is 0 Å². The molecule has 6 rings (SSSR count). The van der Waals surface area contributed by atoms with E-state index in [0.29, 0.717) is 0 Å². The van der Waals surface area contributed by atoms with E-state index in [9.17, 15) is 0 Å². The van der Waals surface area contributed by atoms with Gasteiger partial charge in [0.15, 0.2) is 0 Å². The maximum Gasteiger partial charge on any atom is -0.0161 e. The summed E-state index contributed by atoms with van der Waals surface area (Å²) in [5.41, 5.74) is 2.20. The molecule has 0 saturated heterocycles. The molecule has 6 saturated carbocycles. The second kappa shape index (κ2) is 0.592. The summed E-state index contributed by atoms with van der Waals surface area (Å²) >= 11 is 0. The molecule has 4 atom stereocenters. The van der Waals surface area contributed by atoms with Gasteiger partial charge >= 0.3 is 0 Å². The van der Waals surface area contributed by atoms with Crippen molar-refractivity contribution in [3.63, 3.8) is 0 Å². The second-order valence-corrected chi connectivity index (χ2v) is 6.67. The number of fused-ring (bicyclic) bond motifs is 10. The summed E-state index contributed by atoms with van der Waals surface area (Å²) in [6.07, 6.45) is 1.74. The van der Waals surface area contributed by atoms with E-state index in [1.807, 2.05) is 0 Å². The van der Waals surface area contributed by atoms with Gasteiger partial charge in [-0.15, -0.1) is 0 Å². The van der Waals surface area contributed by atoms with Gasteiger partial charge in [-0.25, -0.2) is 0 Å². The Morgan fingerprint density at radius 3 is 1.36 bits per heavy atom. The van der Waals surface area contributed by atoms with Gasteiger partial charge in [-0.3, -0.25) is 0 Å². The molecule has 0 spiro atoms. The molecule has 0 aromatic rings. The smallest absolute Gasteiger partial charge is 0.0161 e. The maximum atomic E-state index is 1.74. The SMILES string of the molecule is C1C23C4C5C6C7C5C4C12C7C63. The maximum absolute atomic E-state index is 1.74. The molecule has 0 heterocycles. The minimum absolute atomic E-state index is 1.10. The van der Waals surface area contributed by atoms with E-state index in [1.165, 1.54) is 47.3 Å². The first-order chi connectivity index (χ1) is 5.45. The molecule has 6 aliphatic rings. The van der Waals surface area contributed by atoms with Gasteiger partial charge in [-0.1, -0.05) is 0 Å². The number of rotatable bonds is 0. The van der Waals surface area contributed by atoms with E-state index in [-0.39, 0.29) is 0 Å². The van der Waals surface area contributed by atoms with Gasteiger partial charge < -0.3 is 0 Å². The molecule has 0 heteroatoms. The third-order valence-electron chi connectivity index (χ3n) is 7.92. The van der Waals surface area contributed by atoms with Gasteiger partial charge in [-0.05, 0) is 64.6 Å². The van der Waals surface area contributed by atoms with E-state index < -0.39 is 0 Å². The molecule has 0 aliphatic heterocycles. The number of hydrogen-bond donors (Lipinski definition) is 0. The van der Waals surface area contributed by atoms with Gasteiger partial charge in [0.2, 0.25) is 0 Å². The third-order valence-corrected chi connectivity index (χ3v) is 7.92. The van der Waals surface area contributed by atoms with Crippen molar-refractivity contribution in [3.8, 4) is 0 Å². The summed E-state index contributed by atoms with van der Waals surface area (Å²) in [4.78, 5) is 0. The Hall–Kier alpha value is 0. The Labute approximate surface area is 65.3 Å². The van der Waals surface area contributed by atoms with Gasteiger partial charge in [0, 0.05) is 0 Å². The van der Waals surface area contributed by atoms with Gasteiger partial charge in [0.1, 0.15) is 0 Å². The fourth-order valence-corrected chi connectivity index (χ4v) is 8.52. The van der Waals surface area contributed by atoms with E-state index in [4.69, 9.17) is 0 Å². The van der Waals surface area contributed by atoms with E-state index in [1.54, 1.807) is 6.42 Å². The lowest BCUT2D eigenvalue weighted by atomic mass is 9.39. The lowest BCUT2D eigenvalue weighted by Gasteiger charge is -2.65. The minimum Gasteiger partial charge on any atom is -0.0396 e. The molecular formula is C11H10. The zero-order chi connectivity index (χ0) is 6.33. The molecular weight excluding hydrogens is 132 g/mol. The van der Waals surface area contributed by atoms with Crippen LogP contribution in [0.5, 0.6) is 0 Å². The van der Waals surface area contributed by atoms with Crippen LogP contribution in [-0.4, -0.2) is 0 Å². The molecule has 0 nitrogen and oxygen atoms in total. The van der Waals surface area contributed by atoms with Crippen LogP contribution in [0.3, 0.4) is 0 Å². The van der Waals surface area contributed by atoms with E-state index in [0.717, 1.165) is 10.8 Å². The fourth-order valence-electron chi connectivity index (χ4n) is 8.52. The van der Waals surface area contributed by atoms with Crippen molar-refractivity contribution < 1.29 is 0 Å². The lowest BCUT2D eigenvalue weighted by Crippen LogP contribution is -2.62. The van der Waals surface area contributed by atoms with Crippen molar-refractivity contribution in [1.82, 2.24) is 0 Å². The molecule has 0 aromatic carbocycles. The predicted molar refractivity (Wildman–Crippen MR) is 37.4 cm³/mol. The highest BCUT2D eigenvalue weighted by atomic mass is 15.2. The van der Waals surface area contributed by atoms with Crippen molar-refractivity contribution in [2.45, 2.75) is 6.42 Å². The highest BCUT2D eigenvalue weighted by Crippen LogP contribution is 3.18. The van der Waals surface area contributed by atoms with E-state index >= 15 is 0 Å². The Morgan fingerprint density at radius 1 is 0.636 bits per heavy atom. The van der Waals surface area contributed by atoms with Crippen LogP contribution in [0.1, 0.15) is 6.42 Å². The molecule has 6 fully saturated rings. The fraction of sp³-hybridized carbons (Fsp3) is 1.00. The molecule has 4 unspecified atom stereocenters. The lowest BCUT2D eigenvalue weighted by molar-refractivity contribution is -0.183. The molecule has 0 bridgehead atoms. The highest BCUT2D eigenvalue weighted by molar-refractivity contribution is 5.61. The van der Waals surface area contributed by atoms with Crippen LogP contribution in [0.15, 0.2) is 0 Å². The number of hydrogen-bond acceptors (Lipinski definition) is 0. The normalized spacial score (nSPS) is 116. The summed E-state index contributed by atoms with van der Waals surface area (Å²) < 4.78 is 0. The van der Waals surface area contributed by atoms with Crippen molar-refractivity contribution in [1.29, 1.82) is 0 Å². The van der Waals surface area contributed by atoms with Crippen molar-refractivity contribution in [2.75, 3.05) is 0 Å². The van der Waals surface area contributed by atoms with Crippen molar-refractivity contribution in [2.24, 2.45) is 58.2 Å². The molecule has 11 heavy (non-hydrogen) atoms. The summed E-state index contributed by atoms with van der Waals surface area (Å²) in [6, 6.07) is 0. The average molecular weight is 142 g/mol. The molecule has 0 aromatic heterocycles. The first kappa shape index (κ1) is 3.81. The molecule has 0 amide bonds. The standard InChI is InChI=1S/C11H10/c1-10-6-2-3-5-4(2)8(10)9(5)11(1,10)7(3)6/h2-9H,1H2. The zero-order valence-electron chi connectivity index (χ0n) is 6.33. The van der Waals surface area contributed by atoms with Crippen LogP contribution in [0.25, 0.3) is 0 Å². The topological polar surface area (TPSA) is 0 Å². The first-order valence-electron chi connectivity index (χ1n) is 5.45. The van der Waals surface area contributed by atoms with Crippen molar-refractivity contribution >= 4 is 0 Å². The molecule has 0 radical (unpaired) electrons. The summed E-state index contributed by atoms with van der Waals surface area (Å²) in [6.45, 7) is 0. The largest absolute Gasteiger partial charge is 0.0396 e. The Morgan fingerprint density at radius 2 is 1.00 bits per heavy atom. The van der Waals surface area contributed by atoms with Crippen LogP contribution < -0.4 is 0 Å². The monoisotopic (exact) mass is 142 g/mol. The van der Waals surface area contributed by atoms with Crippen LogP contribution in [0.2, 0.25) is 0 Å². The minimum atomic E-state index is 1.10. The molecule has 6 aliphatic carbocycles. The van der Waals surface area contributed by atoms with E-state index in [2.05, 4.69) is 0 Å². The Kier molecular flexibility index (Phi) is 0.205. The van der Waals surface area contributed by atoms with Gasteiger partial charge in [-0.2, -0.15) is 0 Å². The summed E-state index contributed by atoms with van der Waals surface area (Å²) in [5.74, 6) is 10.7. The third kappa shape index (κ3) is 0.108. The van der Waals surface area contributed by atoms with Crippen LogP contribution >= 0.6 is 0 Å². The molecule has 54 valence electrons. The van der Waals surface area contributed by atoms with Crippen LogP contribution in [0.4, 0.5) is 0 Å². The summed E-state index contributed by atoms with van der Waals surface area (Å²) in [5, 5.41) is 0. The summed E-state index contributed by atoms with van der Waals surface area (Å²) in [7, 11) is 0. The van der Waals surface area contributed by atoms with Crippen molar-refractivity contribution in [3.05, 3.63) is 0 Å². The first-order valence-corrected chi connectivity index (χ1v) is 5.45. The quantitative estimate of drug-likeness (QED) is 0.448. The average Bonchev–Trinajstić information content (AvgIpc) is 2.50.